The smallest absolute Gasteiger partial charge is 0.414 e. The average molecular weight is 292 g/mol. The molecule has 9 nitrogen and oxygen atoms in total. The van der Waals surface area contributed by atoms with E-state index in [2.05, 4.69) is 10.1 Å². The molecule has 5 N–H and O–H groups in total. The zero-order valence-corrected chi connectivity index (χ0v) is 11.7. The van der Waals surface area contributed by atoms with Crippen molar-refractivity contribution >= 4 is 23.8 Å². The quantitative estimate of drug-likeness (QED) is 0.372. The fourth-order valence-corrected chi connectivity index (χ4v) is 0.848. The summed E-state index contributed by atoms with van der Waals surface area (Å²) in [4.78, 5) is 40.5. The van der Waals surface area contributed by atoms with Crippen LogP contribution in [0.2, 0.25) is 0 Å². The number of carboxylic acids is 2. The molecule has 0 unspecified atom stereocenters. The fraction of sp³-hybridized carbons (Fsp3) is 0.636. The number of methoxy groups -OCH3 is 1. The molecule has 1 amide bonds. The first-order valence-electron chi connectivity index (χ1n) is 5.64. The summed E-state index contributed by atoms with van der Waals surface area (Å²) >= 11 is 0. The lowest BCUT2D eigenvalue weighted by Crippen LogP contribution is -2.49. The van der Waals surface area contributed by atoms with Crippen molar-refractivity contribution in [1.29, 1.82) is 0 Å². The van der Waals surface area contributed by atoms with Gasteiger partial charge in [-0.25, -0.2) is 14.4 Å². The highest BCUT2D eigenvalue weighted by Crippen LogP contribution is 1.98. The highest BCUT2D eigenvalue weighted by molar-refractivity contribution is 6.27. The molecule has 0 aromatic carbocycles. The van der Waals surface area contributed by atoms with Crippen molar-refractivity contribution < 1.29 is 34.1 Å². The Morgan fingerprint density at radius 3 is 1.70 bits per heavy atom. The molecule has 0 radical (unpaired) electrons. The van der Waals surface area contributed by atoms with Gasteiger partial charge in [0, 0.05) is 0 Å². The van der Waals surface area contributed by atoms with Crippen molar-refractivity contribution in [3.63, 3.8) is 0 Å². The Balaban J connectivity index is 0. The van der Waals surface area contributed by atoms with Gasteiger partial charge in [0.2, 0.25) is 5.91 Å². The number of hydrogen-bond donors (Lipinski definition) is 4. The van der Waals surface area contributed by atoms with Crippen LogP contribution in [0.5, 0.6) is 0 Å². The van der Waals surface area contributed by atoms with Gasteiger partial charge >= 0.3 is 17.9 Å². The summed E-state index contributed by atoms with van der Waals surface area (Å²) in [6, 6.07) is -1.25. The van der Waals surface area contributed by atoms with Gasteiger partial charge in [-0.3, -0.25) is 4.79 Å². The van der Waals surface area contributed by atoms with Gasteiger partial charge in [0.25, 0.3) is 0 Å². The summed E-state index contributed by atoms with van der Waals surface area (Å²) in [6.07, 6.45) is 0. The minimum Gasteiger partial charge on any atom is -0.473 e. The molecule has 0 aromatic rings. The van der Waals surface area contributed by atoms with E-state index in [0.717, 1.165) is 0 Å². The summed E-state index contributed by atoms with van der Waals surface area (Å²) in [6.45, 7) is 5.23. The summed E-state index contributed by atoms with van der Waals surface area (Å²) in [5, 5.41) is 17.3. The van der Waals surface area contributed by atoms with Gasteiger partial charge in [-0.1, -0.05) is 13.8 Å². The standard InChI is InChI=1S/C9H18N2O3.C2H2O4/c1-5(2)7(10)8(12)11-6(3)9(13)14-4;3-1(4)2(5)6/h5-7H,10H2,1-4H3,(H,11,12);(H,3,4)(H,5,6)/t6-,7-;/m0./s1. The van der Waals surface area contributed by atoms with Gasteiger partial charge in [0.1, 0.15) is 6.04 Å². The number of hydrogen-bond acceptors (Lipinski definition) is 6. The molecule has 0 fully saturated rings. The number of nitrogens with one attached hydrogen (secondary N) is 1. The minimum absolute atomic E-state index is 0.0415. The molecule has 9 heteroatoms. The van der Waals surface area contributed by atoms with Crippen molar-refractivity contribution in [2.75, 3.05) is 7.11 Å². The molecular weight excluding hydrogens is 272 g/mol. The van der Waals surface area contributed by atoms with E-state index in [-0.39, 0.29) is 11.8 Å². The first-order chi connectivity index (χ1) is 9.04. The number of amides is 1. The number of esters is 1. The molecule has 0 bridgehead atoms. The third-order valence-electron chi connectivity index (χ3n) is 2.12. The summed E-state index contributed by atoms with van der Waals surface area (Å²) < 4.78 is 4.46. The van der Waals surface area contributed by atoms with E-state index >= 15 is 0 Å². The summed E-state index contributed by atoms with van der Waals surface area (Å²) in [5.41, 5.74) is 5.59. The van der Waals surface area contributed by atoms with Crippen LogP contribution < -0.4 is 11.1 Å². The molecule has 0 aliphatic rings. The molecular formula is C11H20N2O7. The Kier molecular flexibility index (Phi) is 9.81. The van der Waals surface area contributed by atoms with Crippen molar-refractivity contribution in [2.45, 2.75) is 32.9 Å². The lowest BCUT2D eigenvalue weighted by atomic mass is 10.0. The number of carboxylic acid groups (broad SMARTS) is 2. The van der Waals surface area contributed by atoms with Gasteiger partial charge in [-0.05, 0) is 12.8 Å². The Morgan fingerprint density at radius 1 is 1.05 bits per heavy atom. The van der Waals surface area contributed by atoms with Gasteiger partial charge in [0.05, 0.1) is 13.2 Å². The van der Waals surface area contributed by atoms with Crippen LogP contribution in [-0.4, -0.2) is 53.2 Å². The van der Waals surface area contributed by atoms with Crippen molar-refractivity contribution in [3.8, 4) is 0 Å². The van der Waals surface area contributed by atoms with Crippen LogP contribution >= 0.6 is 0 Å². The summed E-state index contributed by atoms with van der Waals surface area (Å²) in [5.74, 6) is -4.42. The van der Waals surface area contributed by atoms with E-state index in [4.69, 9.17) is 25.5 Å². The Labute approximate surface area is 116 Å². The Hall–Kier alpha value is -2.16. The Bertz CT molecular complexity index is 356. The maximum absolute atomic E-state index is 11.4. The monoisotopic (exact) mass is 292 g/mol. The minimum atomic E-state index is -1.82. The average Bonchev–Trinajstić information content (AvgIpc) is 2.36. The van der Waals surface area contributed by atoms with Gasteiger partial charge < -0.3 is 26.0 Å². The van der Waals surface area contributed by atoms with Crippen LogP contribution in [-0.2, 0) is 23.9 Å². The maximum atomic E-state index is 11.4. The topological polar surface area (TPSA) is 156 Å². The van der Waals surface area contributed by atoms with Crippen LogP contribution in [0, 0.1) is 5.92 Å². The van der Waals surface area contributed by atoms with Gasteiger partial charge in [-0.15, -0.1) is 0 Å². The van der Waals surface area contributed by atoms with Crippen molar-refractivity contribution in [2.24, 2.45) is 11.7 Å². The lowest BCUT2D eigenvalue weighted by molar-refractivity contribution is -0.159. The zero-order chi connectivity index (χ0) is 16.5. The number of aliphatic carboxylic acids is 2. The first-order valence-corrected chi connectivity index (χ1v) is 5.64. The molecule has 0 rings (SSSR count). The highest BCUT2D eigenvalue weighted by Gasteiger charge is 2.22. The Morgan fingerprint density at radius 2 is 1.45 bits per heavy atom. The SMILES string of the molecule is COC(=O)[C@H](C)NC(=O)[C@@H](N)C(C)C.O=C(O)C(=O)O. The van der Waals surface area contributed by atoms with Crippen LogP contribution in [0.15, 0.2) is 0 Å². The third kappa shape index (κ3) is 8.86. The highest BCUT2D eigenvalue weighted by atomic mass is 16.5. The molecule has 0 saturated carbocycles. The third-order valence-corrected chi connectivity index (χ3v) is 2.12. The molecule has 116 valence electrons. The fourth-order valence-electron chi connectivity index (χ4n) is 0.848. The van der Waals surface area contributed by atoms with E-state index < -0.39 is 30.0 Å². The number of ether oxygens (including phenoxy) is 1. The molecule has 0 heterocycles. The van der Waals surface area contributed by atoms with Gasteiger partial charge in [-0.2, -0.15) is 0 Å². The van der Waals surface area contributed by atoms with Crippen molar-refractivity contribution in [1.82, 2.24) is 5.32 Å². The predicted octanol–water partition coefficient (Wildman–Crippen LogP) is -1.20. The molecule has 0 spiro atoms. The molecule has 0 aromatic heterocycles. The second-order valence-electron chi connectivity index (χ2n) is 4.13. The first kappa shape index (κ1) is 20.2. The number of nitrogens with two attached hydrogens (primary N) is 1. The lowest BCUT2D eigenvalue weighted by Gasteiger charge is -2.18. The second kappa shape index (κ2) is 9.73. The number of carbonyl (C=O) groups is 4. The number of carbonyl (C=O) groups excluding carboxylic acids is 2. The van der Waals surface area contributed by atoms with Crippen LogP contribution in [0.25, 0.3) is 0 Å². The normalized spacial score (nSPS) is 12.5. The molecule has 0 aliphatic heterocycles. The van der Waals surface area contributed by atoms with Crippen LogP contribution in [0.4, 0.5) is 0 Å². The zero-order valence-electron chi connectivity index (χ0n) is 11.7. The van der Waals surface area contributed by atoms with E-state index in [9.17, 15) is 9.59 Å². The second-order valence-corrected chi connectivity index (χ2v) is 4.13. The molecule has 0 saturated heterocycles. The van der Waals surface area contributed by atoms with E-state index in [1.807, 2.05) is 13.8 Å². The predicted molar refractivity (Wildman–Crippen MR) is 67.7 cm³/mol. The van der Waals surface area contributed by atoms with Crippen molar-refractivity contribution in [3.05, 3.63) is 0 Å². The van der Waals surface area contributed by atoms with Crippen LogP contribution in [0.3, 0.4) is 0 Å². The number of rotatable bonds is 4. The van der Waals surface area contributed by atoms with Crippen LogP contribution in [0.1, 0.15) is 20.8 Å². The molecule has 20 heavy (non-hydrogen) atoms. The van der Waals surface area contributed by atoms with Gasteiger partial charge in [0.15, 0.2) is 0 Å². The molecule has 0 aliphatic carbocycles. The molecule has 2 atom stereocenters. The largest absolute Gasteiger partial charge is 0.473 e. The summed E-state index contributed by atoms with van der Waals surface area (Å²) in [7, 11) is 1.27. The van der Waals surface area contributed by atoms with E-state index in [1.165, 1.54) is 7.11 Å². The maximum Gasteiger partial charge on any atom is 0.414 e. The van der Waals surface area contributed by atoms with E-state index in [1.54, 1.807) is 6.92 Å². The van der Waals surface area contributed by atoms with E-state index in [0.29, 0.717) is 0 Å².